The molecular weight excluding hydrogens is 327 g/mol. The molecule has 0 aliphatic carbocycles. The van der Waals surface area contributed by atoms with Crippen molar-refractivity contribution in [3.63, 3.8) is 0 Å². The maximum atomic E-state index is 12.9. The smallest absolute Gasteiger partial charge is 0.300 e. The van der Waals surface area contributed by atoms with Gasteiger partial charge < -0.3 is 4.57 Å². The van der Waals surface area contributed by atoms with Gasteiger partial charge in [0.25, 0.3) is 5.56 Å². The number of hydrogen-bond donors (Lipinski definition) is 2. The number of H-pyrrole nitrogens is 1. The van der Waals surface area contributed by atoms with Crippen LogP contribution >= 0.6 is 0 Å². The average molecular weight is 344 g/mol. The van der Waals surface area contributed by atoms with E-state index in [2.05, 4.69) is 20.5 Å². The van der Waals surface area contributed by atoms with Crippen molar-refractivity contribution in [2.45, 2.75) is 19.9 Å². The Morgan fingerprint density at radius 1 is 1.28 bits per heavy atom. The number of hydrogen-bond acceptors (Lipinski definition) is 5. The molecule has 1 aromatic carbocycles. The van der Waals surface area contributed by atoms with E-state index in [9.17, 15) is 14.0 Å². The molecule has 3 aromatic rings. The van der Waals surface area contributed by atoms with Gasteiger partial charge in [0, 0.05) is 13.1 Å². The van der Waals surface area contributed by atoms with E-state index in [-0.39, 0.29) is 23.0 Å². The lowest BCUT2D eigenvalue weighted by molar-refractivity contribution is 0.620. The fourth-order valence-corrected chi connectivity index (χ4v) is 2.50. The predicted molar refractivity (Wildman–Crippen MR) is 93.6 cm³/mol. The van der Waals surface area contributed by atoms with Gasteiger partial charge in [0.2, 0.25) is 5.95 Å². The lowest BCUT2D eigenvalue weighted by Gasteiger charge is -2.11. The Balaban J connectivity index is 2.04. The Labute approximate surface area is 141 Å². The number of anilines is 1. The van der Waals surface area contributed by atoms with E-state index >= 15 is 0 Å². The number of nitrogens with zero attached hydrogens (tertiary/aromatic N) is 4. The van der Waals surface area contributed by atoms with Crippen LogP contribution in [0, 0.1) is 5.82 Å². The SMILES string of the molecule is CC(C)n1c(N/N=C/c2ccc(F)cc2)nc2c1c(=O)[nH]c(=O)n2C. The highest BCUT2D eigenvalue weighted by molar-refractivity contribution is 5.80. The van der Waals surface area contributed by atoms with E-state index in [1.54, 1.807) is 16.7 Å². The molecule has 2 aromatic heterocycles. The molecule has 0 amide bonds. The molecule has 0 aliphatic heterocycles. The number of rotatable bonds is 4. The van der Waals surface area contributed by atoms with Gasteiger partial charge in [-0.05, 0) is 31.5 Å². The molecule has 2 N–H and O–H groups in total. The van der Waals surface area contributed by atoms with Crippen LogP contribution in [-0.4, -0.2) is 25.3 Å². The zero-order valence-electron chi connectivity index (χ0n) is 13.9. The van der Waals surface area contributed by atoms with Gasteiger partial charge >= 0.3 is 5.69 Å². The Hall–Kier alpha value is -3.23. The number of hydrazone groups is 1. The minimum absolute atomic E-state index is 0.0906. The third kappa shape index (κ3) is 3.08. The van der Waals surface area contributed by atoms with Gasteiger partial charge in [-0.25, -0.2) is 14.6 Å². The first-order valence-corrected chi connectivity index (χ1v) is 7.64. The molecule has 8 nitrogen and oxygen atoms in total. The molecule has 0 spiro atoms. The van der Waals surface area contributed by atoms with Crippen molar-refractivity contribution in [1.29, 1.82) is 0 Å². The fourth-order valence-electron chi connectivity index (χ4n) is 2.50. The lowest BCUT2D eigenvalue weighted by Crippen LogP contribution is -2.29. The van der Waals surface area contributed by atoms with Gasteiger partial charge in [0.05, 0.1) is 6.21 Å². The number of benzene rings is 1. The highest BCUT2D eigenvalue weighted by Gasteiger charge is 2.18. The van der Waals surface area contributed by atoms with Crippen molar-refractivity contribution in [3.05, 3.63) is 56.5 Å². The summed E-state index contributed by atoms with van der Waals surface area (Å²) in [6.07, 6.45) is 1.51. The molecule has 0 saturated carbocycles. The minimum Gasteiger partial charge on any atom is -0.300 e. The average Bonchev–Trinajstić information content (AvgIpc) is 2.95. The van der Waals surface area contributed by atoms with E-state index in [0.717, 1.165) is 0 Å². The summed E-state index contributed by atoms with van der Waals surface area (Å²) >= 11 is 0. The van der Waals surface area contributed by atoms with Crippen molar-refractivity contribution >= 4 is 23.3 Å². The number of imidazole rings is 1. The molecule has 130 valence electrons. The molecule has 0 aliphatic rings. The molecule has 2 heterocycles. The molecule has 25 heavy (non-hydrogen) atoms. The lowest BCUT2D eigenvalue weighted by atomic mass is 10.2. The van der Waals surface area contributed by atoms with E-state index in [0.29, 0.717) is 11.5 Å². The number of aromatic nitrogens is 4. The highest BCUT2D eigenvalue weighted by atomic mass is 19.1. The topological polar surface area (TPSA) is 97.1 Å². The van der Waals surface area contributed by atoms with E-state index in [4.69, 9.17) is 0 Å². The molecule has 9 heteroatoms. The summed E-state index contributed by atoms with van der Waals surface area (Å²) in [7, 11) is 1.53. The first-order valence-electron chi connectivity index (χ1n) is 7.64. The summed E-state index contributed by atoms with van der Waals surface area (Å²) in [5.74, 6) is 0.00177. The highest BCUT2D eigenvalue weighted by Crippen LogP contribution is 2.20. The van der Waals surface area contributed by atoms with Crippen molar-refractivity contribution in [2.24, 2.45) is 12.1 Å². The Morgan fingerprint density at radius 3 is 2.60 bits per heavy atom. The Bertz CT molecular complexity index is 1060. The van der Waals surface area contributed by atoms with Gasteiger partial charge in [-0.3, -0.25) is 14.3 Å². The number of aromatic amines is 1. The fraction of sp³-hybridized carbons (Fsp3) is 0.250. The minimum atomic E-state index is -0.535. The Morgan fingerprint density at radius 2 is 1.96 bits per heavy atom. The zero-order chi connectivity index (χ0) is 18.1. The van der Waals surface area contributed by atoms with Gasteiger partial charge in [-0.1, -0.05) is 12.1 Å². The van der Waals surface area contributed by atoms with E-state index in [1.807, 2.05) is 13.8 Å². The molecular formula is C16H17FN6O2. The van der Waals surface area contributed by atoms with Gasteiger partial charge in [0.1, 0.15) is 5.82 Å². The Kier molecular flexibility index (Phi) is 4.22. The summed E-state index contributed by atoms with van der Waals surface area (Å²) in [6.45, 7) is 3.78. The van der Waals surface area contributed by atoms with Gasteiger partial charge in [-0.2, -0.15) is 10.1 Å². The maximum Gasteiger partial charge on any atom is 0.329 e. The standard InChI is InChI=1S/C16H17FN6O2/c1-9(2)23-12-13(22(3)16(25)20-14(12)24)19-15(23)21-18-8-10-4-6-11(17)7-5-10/h4-9H,1-3H3,(H,19,21)(H,20,24,25)/b18-8+. The molecule has 0 unspecified atom stereocenters. The summed E-state index contributed by atoms with van der Waals surface area (Å²) in [5.41, 5.74) is 3.00. The normalized spacial score (nSPS) is 11.7. The van der Waals surface area contributed by atoms with E-state index in [1.165, 1.54) is 30.0 Å². The van der Waals surface area contributed by atoms with E-state index < -0.39 is 11.2 Å². The second-order valence-electron chi connectivity index (χ2n) is 5.81. The van der Waals surface area contributed by atoms with Crippen LogP contribution in [0.3, 0.4) is 0 Å². The molecule has 3 rings (SSSR count). The van der Waals surface area contributed by atoms with Crippen molar-refractivity contribution in [1.82, 2.24) is 19.1 Å². The first-order chi connectivity index (χ1) is 11.9. The maximum absolute atomic E-state index is 12.9. The number of fused-ring (bicyclic) bond motifs is 1. The molecule has 0 fully saturated rings. The molecule has 0 atom stereocenters. The van der Waals surface area contributed by atoms with Crippen LogP contribution in [0.15, 0.2) is 39.0 Å². The number of aryl methyl sites for hydroxylation is 1. The van der Waals surface area contributed by atoms with Crippen molar-refractivity contribution in [2.75, 3.05) is 5.43 Å². The summed E-state index contributed by atoms with van der Waals surface area (Å²) in [5, 5.41) is 4.08. The monoisotopic (exact) mass is 344 g/mol. The van der Waals surface area contributed by atoms with Crippen molar-refractivity contribution in [3.8, 4) is 0 Å². The largest absolute Gasteiger partial charge is 0.329 e. The predicted octanol–water partition coefficient (Wildman–Crippen LogP) is 1.59. The van der Waals surface area contributed by atoms with Crippen LogP contribution in [0.5, 0.6) is 0 Å². The van der Waals surface area contributed by atoms with Gasteiger partial charge in [-0.15, -0.1) is 0 Å². The molecule has 0 bridgehead atoms. The summed E-state index contributed by atoms with van der Waals surface area (Å²) < 4.78 is 15.8. The van der Waals surface area contributed by atoms with Crippen LogP contribution in [0.25, 0.3) is 11.2 Å². The first kappa shape index (κ1) is 16.6. The summed E-state index contributed by atoms with van der Waals surface area (Å²) in [4.78, 5) is 30.5. The third-order valence-electron chi connectivity index (χ3n) is 3.72. The van der Waals surface area contributed by atoms with Crippen LogP contribution < -0.4 is 16.7 Å². The van der Waals surface area contributed by atoms with Crippen LogP contribution in [0.2, 0.25) is 0 Å². The van der Waals surface area contributed by atoms with Crippen LogP contribution in [0.1, 0.15) is 25.5 Å². The second-order valence-corrected chi connectivity index (χ2v) is 5.81. The quantitative estimate of drug-likeness (QED) is 0.555. The van der Waals surface area contributed by atoms with Crippen LogP contribution in [0.4, 0.5) is 10.3 Å². The number of halogens is 1. The summed E-state index contributed by atoms with van der Waals surface area (Å²) in [6, 6.07) is 5.74. The second kappa shape index (κ2) is 6.34. The molecule has 0 saturated heterocycles. The van der Waals surface area contributed by atoms with Crippen LogP contribution in [-0.2, 0) is 7.05 Å². The number of nitrogens with one attached hydrogen (secondary N) is 2. The van der Waals surface area contributed by atoms with Gasteiger partial charge in [0.15, 0.2) is 11.2 Å². The third-order valence-corrected chi connectivity index (χ3v) is 3.72. The van der Waals surface area contributed by atoms with Crippen molar-refractivity contribution < 1.29 is 4.39 Å². The zero-order valence-corrected chi connectivity index (χ0v) is 13.9. The molecule has 0 radical (unpaired) electrons.